The van der Waals surface area contributed by atoms with E-state index in [-0.39, 0.29) is 0 Å². The molecule has 4 nitrogen and oxygen atoms in total. The number of H-pyrrole nitrogens is 1. The van der Waals surface area contributed by atoms with Gasteiger partial charge in [0.25, 0.3) is 0 Å². The number of aryl methyl sites for hydroxylation is 1. The molecule has 1 fully saturated rings. The lowest BCUT2D eigenvalue weighted by Crippen LogP contribution is -2.30. The van der Waals surface area contributed by atoms with Gasteiger partial charge in [0.15, 0.2) is 0 Å². The molecule has 1 saturated heterocycles. The Bertz CT molecular complexity index is 1150. The Morgan fingerprint density at radius 1 is 1.10 bits per heavy atom. The van der Waals surface area contributed by atoms with Gasteiger partial charge in [0, 0.05) is 34.2 Å². The molecule has 2 aromatic carbocycles. The zero-order valence-electron chi connectivity index (χ0n) is 17.6. The van der Waals surface area contributed by atoms with Crippen LogP contribution in [0.5, 0.6) is 0 Å². The number of fused-ring (bicyclic) bond motifs is 2. The van der Waals surface area contributed by atoms with E-state index in [4.69, 9.17) is 16.6 Å². The fraction of sp³-hybridized carbons (Fsp3) is 0.400. The summed E-state index contributed by atoms with van der Waals surface area (Å²) in [5.41, 5.74) is 4.35. The summed E-state index contributed by atoms with van der Waals surface area (Å²) in [5.74, 6) is 1.83. The van der Waals surface area contributed by atoms with Crippen LogP contribution in [-0.2, 0) is 6.54 Å². The minimum atomic E-state index is 0.713. The van der Waals surface area contributed by atoms with E-state index in [0.717, 1.165) is 34.9 Å². The zero-order chi connectivity index (χ0) is 20.5. The van der Waals surface area contributed by atoms with Gasteiger partial charge in [-0.3, -0.25) is 0 Å². The summed E-state index contributed by atoms with van der Waals surface area (Å²) in [5, 5.41) is 1.96. The molecule has 0 radical (unpaired) electrons. The van der Waals surface area contributed by atoms with E-state index in [2.05, 4.69) is 52.0 Å². The molecular weight excluding hydrogens is 392 g/mol. The van der Waals surface area contributed by atoms with E-state index < -0.39 is 0 Å². The quantitative estimate of drug-likeness (QED) is 0.369. The maximum atomic E-state index is 6.13. The molecule has 1 N–H and O–H groups in total. The van der Waals surface area contributed by atoms with Crippen LogP contribution >= 0.6 is 11.6 Å². The summed E-state index contributed by atoms with van der Waals surface area (Å²) < 4.78 is 2.40. The first-order valence-electron chi connectivity index (χ1n) is 11.1. The number of unbranched alkanes of at least 4 members (excludes halogenated alkanes) is 1. The lowest BCUT2D eigenvalue weighted by atomic mass is 9.92. The third-order valence-electron chi connectivity index (χ3n) is 6.61. The van der Waals surface area contributed by atoms with E-state index in [1.807, 2.05) is 18.2 Å². The third-order valence-corrected chi connectivity index (χ3v) is 6.85. The van der Waals surface area contributed by atoms with Crippen molar-refractivity contribution in [2.24, 2.45) is 5.92 Å². The van der Waals surface area contributed by atoms with E-state index in [1.165, 1.54) is 56.1 Å². The normalized spacial score (nSPS) is 16.1. The van der Waals surface area contributed by atoms with Crippen LogP contribution in [0.3, 0.4) is 0 Å². The molecular formula is C25H29ClN4. The first-order chi connectivity index (χ1) is 14.7. The highest BCUT2D eigenvalue weighted by atomic mass is 35.5. The number of aromatic nitrogens is 3. The van der Waals surface area contributed by atoms with E-state index >= 15 is 0 Å². The number of aromatic amines is 1. The van der Waals surface area contributed by atoms with Crippen molar-refractivity contribution in [2.75, 3.05) is 20.1 Å². The minimum absolute atomic E-state index is 0.713. The van der Waals surface area contributed by atoms with Crippen molar-refractivity contribution in [3.05, 3.63) is 53.7 Å². The van der Waals surface area contributed by atoms with Crippen LogP contribution in [-0.4, -0.2) is 39.6 Å². The highest BCUT2D eigenvalue weighted by Crippen LogP contribution is 2.30. The van der Waals surface area contributed by atoms with E-state index in [0.29, 0.717) is 5.02 Å². The summed E-state index contributed by atoms with van der Waals surface area (Å²) in [4.78, 5) is 10.7. The van der Waals surface area contributed by atoms with Crippen molar-refractivity contribution in [3.8, 4) is 11.4 Å². The number of halogens is 1. The lowest BCUT2D eigenvalue weighted by molar-refractivity contribution is 0.209. The molecule has 0 bridgehead atoms. The number of hydrogen-bond acceptors (Lipinski definition) is 2. The van der Waals surface area contributed by atoms with Crippen LogP contribution in [0.4, 0.5) is 0 Å². The molecule has 1 aliphatic heterocycles. The molecule has 0 saturated carbocycles. The molecule has 0 aliphatic carbocycles. The van der Waals surface area contributed by atoms with Crippen molar-refractivity contribution in [1.82, 2.24) is 19.4 Å². The Morgan fingerprint density at radius 3 is 2.83 bits per heavy atom. The van der Waals surface area contributed by atoms with Crippen LogP contribution < -0.4 is 0 Å². The number of nitrogens with zero attached hydrogens (tertiary/aromatic N) is 3. The molecule has 0 amide bonds. The smallest absolute Gasteiger partial charge is 0.139 e. The van der Waals surface area contributed by atoms with E-state index in [1.54, 1.807) is 0 Å². The first-order valence-corrected chi connectivity index (χ1v) is 11.5. The molecule has 0 atom stereocenters. The number of likely N-dealkylation sites (tertiary alicyclic amines) is 1. The SMILES string of the molecule is CN1CCC(CCCCn2ccc3c(-c4nc5cc(Cl)ccc5[nH]4)cccc32)CC1. The van der Waals surface area contributed by atoms with Crippen LogP contribution in [0.1, 0.15) is 32.1 Å². The van der Waals surface area contributed by atoms with Crippen LogP contribution in [0.25, 0.3) is 33.3 Å². The summed E-state index contributed by atoms with van der Waals surface area (Å²) >= 11 is 6.13. The first kappa shape index (κ1) is 19.7. The van der Waals surface area contributed by atoms with Crippen molar-refractivity contribution in [1.29, 1.82) is 0 Å². The summed E-state index contributed by atoms with van der Waals surface area (Å²) in [6.45, 7) is 3.61. The number of nitrogens with one attached hydrogen (secondary N) is 1. The highest BCUT2D eigenvalue weighted by molar-refractivity contribution is 6.31. The van der Waals surface area contributed by atoms with Crippen molar-refractivity contribution >= 4 is 33.5 Å². The number of benzene rings is 2. The molecule has 0 spiro atoms. The number of rotatable bonds is 6. The average Bonchev–Trinajstić information content (AvgIpc) is 3.36. The molecule has 0 unspecified atom stereocenters. The van der Waals surface area contributed by atoms with Gasteiger partial charge in [-0.15, -0.1) is 0 Å². The average molecular weight is 421 g/mol. The van der Waals surface area contributed by atoms with E-state index in [9.17, 15) is 0 Å². The third kappa shape index (κ3) is 3.99. The minimum Gasteiger partial charge on any atom is -0.347 e. The molecule has 30 heavy (non-hydrogen) atoms. The second-order valence-electron chi connectivity index (χ2n) is 8.74. The monoisotopic (exact) mass is 420 g/mol. The Balaban J connectivity index is 1.29. The topological polar surface area (TPSA) is 36.9 Å². The molecule has 5 rings (SSSR count). The molecule has 3 heterocycles. The zero-order valence-corrected chi connectivity index (χ0v) is 18.3. The van der Waals surface area contributed by atoms with Gasteiger partial charge in [-0.2, -0.15) is 0 Å². The van der Waals surface area contributed by atoms with Crippen LogP contribution in [0.15, 0.2) is 48.7 Å². The highest BCUT2D eigenvalue weighted by Gasteiger charge is 2.16. The standard InChI is InChI=1S/C25H29ClN4/c1-29-14-10-18(11-15-29)5-2-3-13-30-16-12-20-21(6-4-7-24(20)30)25-27-22-9-8-19(26)17-23(22)28-25/h4,6-9,12,16-18H,2-3,5,10-11,13-15H2,1H3,(H,27,28). The predicted octanol–water partition coefficient (Wildman–Crippen LogP) is 6.35. The van der Waals surface area contributed by atoms with Gasteiger partial charge in [-0.05, 0) is 75.6 Å². The van der Waals surface area contributed by atoms with Gasteiger partial charge >= 0.3 is 0 Å². The molecule has 4 aromatic rings. The number of hydrogen-bond donors (Lipinski definition) is 1. The molecule has 156 valence electrons. The molecule has 1 aliphatic rings. The van der Waals surface area contributed by atoms with Crippen molar-refractivity contribution in [2.45, 2.75) is 38.6 Å². The van der Waals surface area contributed by atoms with Gasteiger partial charge in [0.1, 0.15) is 5.82 Å². The Morgan fingerprint density at radius 2 is 1.97 bits per heavy atom. The summed E-state index contributed by atoms with van der Waals surface area (Å²) in [6.07, 6.45) is 8.90. The number of imidazole rings is 1. The predicted molar refractivity (Wildman–Crippen MR) is 126 cm³/mol. The van der Waals surface area contributed by atoms with Crippen molar-refractivity contribution < 1.29 is 0 Å². The number of piperidine rings is 1. The Kier molecular flexibility index (Phi) is 5.53. The Labute approximate surface area is 182 Å². The maximum absolute atomic E-state index is 6.13. The molecule has 5 heteroatoms. The largest absolute Gasteiger partial charge is 0.347 e. The fourth-order valence-corrected chi connectivity index (χ4v) is 4.96. The summed E-state index contributed by atoms with van der Waals surface area (Å²) in [7, 11) is 2.24. The van der Waals surface area contributed by atoms with Crippen LogP contribution in [0, 0.1) is 5.92 Å². The second-order valence-corrected chi connectivity index (χ2v) is 9.17. The second kappa shape index (κ2) is 8.44. The van der Waals surface area contributed by atoms with Gasteiger partial charge < -0.3 is 14.5 Å². The maximum Gasteiger partial charge on any atom is 0.139 e. The molecule has 2 aromatic heterocycles. The van der Waals surface area contributed by atoms with Gasteiger partial charge in [0.2, 0.25) is 0 Å². The lowest BCUT2D eigenvalue weighted by Gasteiger charge is -2.28. The van der Waals surface area contributed by atoms with Gasteiger partial charge in [-0.25, -0.2) is 4.98 Å². The van der Waals surface area contributed by atoms with Crippen LogP contribution in [0.2, 0.25) is 5.02 Å². The van der Waals surface area contributed by atoms with Gasteiger partial charge in [-0.1, -0.05) is 36.6 Å². The van der Waals surface area contributed by atoms with Crippen molar-refractivity contribution in [3.63, 3.8) is 0 Å². The van der Waals surface area contributed by atoms with Gasteiger partial charge in [0.05, 0.1) is 11.0 Å². The summed E-state index contributed by atoms with van der Waals surface area (Å²) in [6, 6.07) is 14.5. The Hall–Kier alpha value is -2.30. The fourth-order valence-electron chi connectivity index (χ4n) is 4.80.